The van der Waals surface area contributed by atoms with Crippen molar-refractivity contribution in [2.45, 2.75) is 6.54 Å². The predicted octanol–water partition coefficient (Wildman–Crippen LogP) is 1.55. The van der Waals surface area contributed by atoms with E-state index < -0.39 is 0 Å². The molecule has 142 valence electrons. The van der Waals surface area contributed by atoms with Crippen molar-refractivity contribution >= 4 is 17.9 Å². The molecule has 2 amide bonds. The number of benzene rings is 1. The molecule has 27 heavy (non-hydrogen) atoms. The van der Waals surface area contributed by atoms with Gasteiger partial charge in [-0.15, -0.1) is 0 Å². The van der Waals surface area contributed by atoms with Crippen LogP contribution in [0.25, 0.3) is 6.08 Å². The van der Waals surface area contributed by atoms with Crippen LogP contribution in [0.4, 0.5) is 0 Å². The molecule has 7 nitrogen and oxygen atoms in total. The van der Waals surface area contributed by atoms with Gasteiger partial charge in [0.05, 0.1) is 6.61 Å². The first-order chi connectivity index (χ1) is 13.2. The lowest BCUT2D eigenvalue weighted by molar-refractivity contribution is -0.123. The van der Waals surface area contributed by atoms with E-state index in [0.717, 1.165) is 5.56 Å². The lowest BCUT2D eigenvalue weighted by Gasteiger charge is -2.09. The van der Waals surface area contributed by atoms with E-state index in [-0.39, 0.29) is 18.4 Å². The van der Waals surface area contributed by atoms with Crippen molar-refractivity contribution in [3.8, 4) is 5.75 Å². The monoisotopic (exact) mass is 369 g/mol. The second-order valence-corrected chi connectivity index (χ2v) is 5.58. The average molecular weight is 369 g/mol. The summed E-state index contributed by atoms with van der Waals surface area (Å²) in [6.07, 6.45) is 6.46. The highest BCUT2D eigenvalue weighted by Gasteiger charge is 2.05. The molecule has 0 aliphatic rings. The van der Waals surface area contributed by atoms with E-state index in [1.807, 2.05) is 24.3 Å². The fourth-order valence-electron chi connectivity index (χ4n) is 2.15. The van der Waals surface area contributed by atoms with Gasteiger partial charge in [0, 0.05) is 44.2 Å². The minimum atomic E-state index is -0.236. The first-order valence-corrected chi connectivity index (χ1v) is 8.51. The van der Waals surface area contributed by atoms with Crippen LogP contribution in [0, 0.1) is 0 Å². The standard InChI is InChI=1S/C20H23N3O4/c1-26-12-11-22-20(25)15-27-18-7-3-2-6-17(18)8-9-19(24)23-14-16-5-4-10-21-13-16/h2-10,13H,11-12,14-15H2,1H3,(H,22,25)(H,23,24). The Bertz CT molecular complexity index is 763. The Hall–Kier alpha value is -3.19. The van der Waals surface area contributed by atoms with Crippen LogP contribution in [0.1, 0.15) is 11.1 Å². The van der Waals surface area contributed by atoms with Gasteiger partial charge in [-0.1, -0.05) is 24.3 Å². The minimum absolute atomic E-state index is 0.109. The highest BCUT2D eigenvalue weighted by molar-refractivity contribution is 5.92. The molecule has 0 fully saturated rings. The summed E-state index contributed by atoms with van der Waals surface area (Å²) >= 11 is 0. The number of methoxy groups -OCH3 is 1. The third-order valence-corrected chi connectivity index (χ3v) is 3.51. The molecule has 2 N–H and O–H groups in total. The Morgan fingerprint density at radius 1 is 1.15 bits per heavy atom. The largest absolute Gasteiger partial charge is 0.483 e. The zero-order chi connectivity index (χ0) is 19.3. The molecule has 0 atom stereocenters. The Morgan fingerprint density at radius 3 is 2.78 bits per heavy atom. The molecule has 0 aliphatic heterocycles. The summed E-state index contributed by atoms with van der Waals surface area (Å²) < 4.78 is 10.4. The molecule has 1 heterocycles. The number of rotatable bonds is 10. The van der Waals surface area contributed by atoms with Crippen LogP contribution in [-0.4, -0.2) is 43.7 Å². The second kappa shape index (κ2) is 11.4. The van der Waals surface area contributed by atoms with Crippen LogP contribution in [-0.2, 0) is 20.9 Å². The molecule has 2 rings (SSSR count). The Labute approximate surface area is 158 Å². The maximum atomic E-state index is 12.0. The number of pyridine rings is 1. The number of para-hydroxylation sites is 1. The van der Waals surface area contributed by atoms with Gasteiger partial charge in [0.1, 0.15) is 5.75 Å². The average Bonchev–Trinajstić information content (AvgIpc) is 2.70. The normalized spacial score (nSPS) is 10.6. The van der Waals surface area contributed by atoms with Gasteiger partial charge in [-0.2, -0.15) is 0 Å². The maximum Gasteiger partial charge on any atom is 0.258 e. The first kappa shape index (κ1) is 20.1. The molecule has 0 saturated carbocycles. The van der Waals surface area contributed by atoms with E-state index in [1.165, 1.54) is 6.08 Å². The third kappa shape index (κ3) is 7.70. The van der Waals surface area contributed by atoms with Crippen LogP contribution in [0.5, 0.6) is 5.75 Å². The van der Waals surface area contributed by atoms with Gasteiger partial charge in [-0.05, 0) is 23.8 Å². The summed E-state index contributed by atoms with van der Waals surface area (Å²) in [6.45, 7) is 1.16. The van der Waals surface area contributed by atoms with Crippen molar-refractivity contribution in [1.82, 2.24) is 15.6 Å². The van der Waals surface area contributed by atoms with Crippen LogP contribution in [0.2, 0.25) is 0 Å². The topological polar surface area (TPSA) is 89.5 Å². The van der Waals surface area contributed by atoms with Crippen LogP contribution >= 0.6 is 0 Å². The van der Waals surface area contributed by atoms with E-state index in [4.69, 9.17) is 9.47 Å². The molecule has 0 aliphatic carbocycles. The summed E-state index contributed by atoms with van der Waals surface area (Å²) in [4.78, 5) is 27.7. The fraction of sp³-hybridized carbons (Fsp3) is 0.250. The molecule has 0 bridgehead atoms. The molecule has 0 saturated heterocycles. The van der Waals surface area contributed by atoms with Gasteiger partial charge in [-0.3, -0.25) is 14.6 Å². The summed E-state index contributed by atoms with van der Waals surface area (Å²) in [5.74, 6) is 0.0571. The number of carbonyl (C=O) groups is 2. The van der Waals surface area contributed by atoms with Gasteiger partial charge < -0.3 is 20.1 Å². The molecular weight excluding hydrogens is 346 g/mol. The number of hydrogen-bond acceptors (Lipinski definition) is 5. The molecule has 1 aromatic heterocycles. The van der Waals surface area contributed by atoms with E-state index in [1.54, 1.807) is 37.7 Å². The smallest absolute Gasteiger partial charge is 0.258 e. The van der Waals surface area contributed by atoms with Crippen molar-refractivity contribution in [3.05, 3.63) is 66.0 Å². The highest BCUT2D eigenvalue weighted by Crippen LogP contribution is 2.19. The minimum Gasteiger partial charge on any atom is -0.483 e. The van der Waals surface area contributed by atoms with Gasteiger partial charge in [-0.25, -0.2) is 0 Å². The van der Waals surface area contributed by atoms with Crippen LogP contribution < -0.4 is 15.4 Å². The number of aromatic nitrogens is 1. The molecule has 0 radical (unpaired) electrons. The van der Waals surface area contributed by atoms with Crippen molar-refractivity contribution in [1.29, 1.82) is 0 Å². The third-order valence-electron chi connectivity index (χ3n) is 3.51. The van der Waals surface area contributed by atoms with Crippen molar-refractivity contribution in [2.75, 3.05) is 26.9 Å². The molecule has 2 aromatic rings. The Balaban J connectivity index is 1.85. The first-order valence-electron chi connectivity index (χ1n) is 8.51. The van der Waals surface area contributed by atoms with E-state index in [9.17, 15) is 9.59 Å². The summed E-state index contributed by atoms with van der Waals surface area (Å²) in [5.41, 5.74) is 1.63. The Morgan fingerprint density at radius 2 is 2.00 bits per heavy atom. The summed E-state index contributed by atoms with van der Waals surface area (Å²) in [7, 11) is 1.57. The number of amides is 2. The quantitative estimate of drug-likeness (QED) is 0.490. The fourth-order valence-corrected chi connectivity index (χ4v) is 2.15. The number of hydrogen-bond donors (Lipinski definition) is 2. The van der Waals surface area contributed by atoms with E-state index in [0.29, 0.717) is 31.0 Å². The Kier molecular flexibility index (Phi) is 8.52. The zero-order valence-electron chi connectivity index (χ0n) is 15.2. The van der Waals surface area contributed by atoms with Gasteiger partial charge >= 0.3 is 0 Å². The summed E-state index contributed by atoms with van der Waals surface area (Å²) in [5, 5.41) is 5.46. The maximum absolute atomic E-state index is 12.0. The van der Waals surface area contributed by atoms with Crippen LogP contribution in [0.3, 0.4) is 0 Å². The van der Waals surface area contributed by atoms with Gasteiger partial charge in [0.2, 0.25) is 5.91 Å². The van der Waals surface area contributed by atoms with Crippen molar-refractivity contribution in [3.63, 3.8) is 0 Å². The molecule has 1 aromatic carbocycles. The van der Waals surface area contributed by atoms with Gasteiger partial charge in [0.15, 0.2) is 6.61 Å². The SMILES string of the molecule is COCCNC(=O)COc1ccccc1C=CC(=O)NCc1cccnc1. The van der Waals surface area contributed by atoms with E-state index >= 15 is 0 Å². The zero-order valence-corrected chi connectivity index (χ0v) is 15.2. The molecule has 0 unspecified atom stereocenters. The van der Waals surface area contributed by atoms with Crippen LogP contribution in [0.15, 0.2) is 54.9 Å². The van der Waals surface area contributed by atoms with Crippen molar-refractivity contribution in [2.24, 2.45) is 0 Å². The highest BCUT2D eigenvalue weighted by atomic mass is 16.5. The van der Waals surface area contributed by atoms with Crippen molar-refractivity contribution < 1.29 is 19.1 Å². The number of nitrogens with one attached hydrogen (secondary N) is 2. The molecule has 7 heteroatoms. The predicted molar refractivity (Wildman–Crippen MR) is 102 cm³/mol. The number of carbonyl (C=O) groups excluding carboxylic acids is 2. The van der Waals surface area contributed by atoms with E-state index in [2.05, 4.69) is 15.6 Å². The number of ether oxygens (including phenoxy) is 2. The second-order valence-electron chi connectivity index (χ2n) is 5.58. The number of nitrogens with zero attached hydrogens (tertiary/aromatic N) is 1. The lowest BCUT2D eigenvalue weighted by Crippen LogP contribution is -2.31. The lowest BCUT2D eigenvalue weighted by atomic mass is 10.2. The molecular formula is C20H23N3O4. The van der Waals surface area contributed by atoms with Gasteiger partial charge in [0.25, 0.3) is 5.91 Å². The molecule has 0 spiro atoms. The summed E-state index contributed by atoms with van der Waals surface area (Å²) in [6, 6.07) is 10.9.